The summed E-state index contributed by atoms with van der Waals surface area (Å²) in [7, 11) is 0. The molecule has 2 rings (SSSR count). The average Bonchev–Trinajstić information content (AvgIpc) is 2.74. The van der Waals surface area contributed by atoms with Gasteiger partial charge in [-0.15, -0.1) is 0 Å². The number of anilines is 1. The minimum atomic E-state index is -1.13. The molecule has 0 saturated carbocycles. The Morgan fingerprint density at radius 1 is 1.22 bits per heavy atom. The summed E-state index contributed by atoms with van der Waals surface area (Å²) in [6.45, 7) is 3.12. The standard InChI is InChI=1S/C15H13Cl2NO4S/c1-7-3-12(23-8(2)19)22-14(7)13(15(20)21)18-11-5-9(16)4-10(17)6-11/h3-6,13,18H,1-2H3,(H,20,21). The number of carboxylic acids is 1. The van der Waals surface area contributed by atoms with Gasteiger partial charge in [0.1, 0.15) is 5.76 Å². The van der Waals surface area contributed by atoms with Crippen LogP contribution in [0.3, 0.4) is 0 Å². The number of carbonyl (C=O) groups excluding carboxylic acids is 1. The predicted molar refractivity (Wildman–Crippen MR) is 90.4 cm³/mol. The lowest BCUT2D eigenvalue weighted by molar-refractivity contribution is -0.138. The third-order valence-corrected chi connectivity index (χ3v) is 3.99. The van der Waals surface area contributed by atoms with E-state index in [2.05, 4.69) is 5.32 Å². The van der Waals surface area contributed by atoms with E-state index in [1.54, 1.807) is 31.2 Å². The van der Waals surface area contributed by atoms with Crippen molar-refractivity contribution in [3.8, 4) is 0 Å². The lowest BCUT2D eigenvalue weighted by Gasteiger charge is -2.15. The van der Waals surface area contributed by atoms with Crippen LogP contribution in [0.5, 0.6) is 0 Å². The Morgan fingerprint density at radius 2 is 1.83 bits per heavy atom. The highest BCUT2D eigenvalue weighted by Gasteiger charge is 2.26. The van der Waals surface area contributed by atoms with E-state index < -0.39 is 12.0 Å². The zero-order chi connectivity index (χ0) is 17.1. The van der Waals surface area contributed by atoms with Crippen molar-refractivity contribution in [2.75, 3.05) is 5.32 Å². The molecule has 0 fully saturated rings. The van der Waals surface area contributed by atoms with E-state index in [0.717, 1.165) is 11.8 Å². The average molecular weight is 374 g/mol. The molecule has 0 bridgehead atoms. The number of rotatable bonds is 5. The summed E-state index contributed by atoms with van der Waals surface area (Å²) in [5.41, 5.74) is 1.08. The molecule has 0 aliphatic heterocycles. The van der Waals surface area contributed by atoms with Gasteiger partial charge in [-0.25, -0.2) is 4.79 Å². The highest BCUT2D eigenvalue weighted by atomic mass is 35.5. The maximum atomic E-state index is 11.6. The van der Waals surface area contributed by atoms with Crippen molar-refractivity contribution in [3.05, 3.63) is 45.6 Å². The Bertz CT molecular complexity index is 740. The lowest BCUT2D eigenvalue weighted by atomic mass is 10.1. The molecule has 1 atom stereocenters. The minimum Gasteiger partial charge on any atom is -0.479 e. The first-order valence-electron chi connectivity index (χ1n) is 6.50. The molecule has 0 radical (unpaired) electrons. The highest BCUT2D eigenvalue weighted by Crippen LogP contribution is 2.32. The van der Waals surface area contributed by atoms with Gasteiger partial charge in [0.2, 0.25) is 0 Å². The Balaban J connectivity index is 2.33. The van der Waals surface area contributed by atoms with Gasteiger partial charge in [0.15, 0.2) is 16.2 Å². The first-order valence-corrected chi connectivity index (χ1v) is 8.07. The van der Waals surface area contributed by atoms with Crippen LogP contribution in [0.15, 0.2) is 33.8 Å². The first-order chi connectivity index (χ1) is 10.8. The van der Waals surface area contributed by atoms with Crippen LogP contribution in [-0.2, 0) is 9.59 Å². The van der Waals surface area contributed by atoms with E-state index in [-0.39, 0.29) is 10.9 Å². The molecule has 0 aliphatic rings. The summed E-state index contributed by atoms with van der Waals surface area (Å²) in [5.74, 6) is -0.907. The number of hydrogen-bond acceptors (Lipinski definition) is 5. The summed E-state index contributed by atoms with van der Waals surface area (Å²) in [6.07, 6.45) is 0. The molecule has 122 valence electrons. The van der Waals surface area contributed by atoms with Gasteiger partial charge >= 0.3 is 5.97 Å². The molecule has 0 spiro atoms. The van der Waals surface area contributed by atoms with Gasteiger partial charge in [-0.3, -0.25) is 4.79 Å². The van der Waals surface area contributed by atoms with Gasteiger partial charge in [-0.05, 0) is 48.5 Å². The van der Waals surface area contributed by atoms with Crippen LogP contribution in [0, 0.1) is 6.92 Å². The fourth-order valence-electron chi connectivity index (χ4n) is 1.99. The van der Waals surface area contributed by atoms with E-state index in [1.165, 1.54) is 6.92 Å². The van der Waals surface area contributed by atoms with Crippen LogP contribution in [0.4, 0.5) is 5.69 Å². The Labute approximate surface area is 147 Å². The molecule has 5 nitrogen and oxygen atoms in total. The quantitative estimate of drug-likeness (QED) is 0.734. The van der Waals surface area contributed by atoms with Gasteiger partial charge < -0.3 is 14.8 Å². The monoisotopic (exact) mass is 373 g/mol. The molecule has 2 N–H and O–H groups in total. The van der Waals surface area contributed by atoms with Crippen molar-refractivity contribution >= 4 is 51.7 Å². The second-order valence-corrected chi connectivity index (χ2v) is 6.83. The van der Waals surface area contributed by atoms with Crippen LogP contribution in [-0.4, -0.2) is 16.2 Å². The fourth-order valence-corrected chi connectivity index (χ4v) is 3.16. The molecule has 8 heteroatoms. The van der Waals surface area contributed by atoms with Gasteiger partial charge in [-0.1, -0.05) is 23.2 Å². The number of furan rings is 1. The van der Waals surface area contributed by atoms with E-state index in [1.807, 2.05) is 0 Å². The zero-order valence-corrected chi connectivity index (χ0v) is 14.6. The normalized spacial score (nSPS) is 12.0. The Kier molecular flexibility index (Phi) is 5.62. The minimum absolute atomic E-state index is 0.147. The Morgan fingerprint density at radius 3 is 2.35 bits per heavy atom. The third-order valence-electron chi connectivity index (χ3n) is 2.86. The number of aliphatic carboxylic acids is 1. The summed E-state index contributed by atoms with van der Waals surface area (Å²) in [4.78, 5) is 22.7. The topological polar surface area (TPSA) is 79.5 Å². The van der Waals surface area contributed by atoms with E-state index >= 15 is 0 Å². The third kappa shape index (κ3) is 4.67. The van der Waals surface area contributed by atoms with Gasteiger partial charge in [0.05, 0.1) is 0 Å². The number of nitrogens with one attached hydrogen (secondary N) is 1. The van der Waals surface area contributed by atoms with Crippen LogP contribution in [0.25, 0.3) is 0 Å². The van der Waals surface area contributed by atoms with Crippen molar-refractivity contribution in [2.45, 2.75) is 25.0 Å². The van der Waals surface area contributed by atoms with Crippen LogP contribution < -0.4 is 5.32 Å². The molecule has 1 aromatic heterocycles. The number of carbonyl (C=O) groups is 2. The predicted octanol–water partition coefficient (Wildman–Crippen LogP) is 4.77. The van der Waals surface area contributed by atoms with Crippen molar-refractivity contribution in [3.63, 3.8) is 0 Å². The molecule has 2 aromatic rings. The molecule has 0 amide bonds. The molecular formula is C15H13Cl2NO4S. The van der Waals surface area contributed by atoms with Crippen LogP contribution >= 0.6 is 35.0 Å². The maximum absolute atomic E-state index is 11.6. The molecule has 23 heavy (non-hydrogen) atoms. The van der Waals surface area contributed by atoms with Crippen molar-refractivity contribution in [1.82, 2.24) is 0 Å². The van der Waals surface area contributed by atoms with Crippen molar-refractivity contribution < 1.29 is 19.1 Å². The molecule has 1 aromatic carbocycles. The second-order valence-electron chi connectivity index (χ2n) is 4.78. The number of carboxylic acid groups (broad SMARTS) is 1. The maximum Gasteiger partial charge on any atom is 0.334 e. The number of thioether (sulfide) groups is 1. The van der Waals surface area contributed by atoms with Gasteiger partial charge in [0, 0.05) is 22.7 Å². The molecule has 0 aliphatic carbocycles. The second kappa shape index (κ2) is 7.29. The number of hydrogen-bond donors (Lipinski definition) is 2. The van der Waals surface area contributed by atoms with Gasteiger partial charge in [0.25, 0.3) is 0 Å². The fraction of sp³-hybridized carbons (Fsp3) is 0.200. The van der Waals surface area contributed by atoms with E-state index in [0.29, 0.717) is 26.4 Å². The lowest BCUT2D eigenvalue weighted by Crippen LogP contribution is -2.20. The zero-order valence-electron chi connectivity index (χ0n) is 12.2. The van der Waals surface area contributed by atoms with Crippen LogP contribution in [0.2, 0.25) is 10.0 Å². The summed E-state index contributed by atoms with van der Waals surface area (Å²) in [6, 6.07) is 5.17. The molecule has 1 heterocycles. The van der Waals surface area contributed by atoms with Crippen molar-refractivity contribution in [1.29, 1.82) is 0 Å². The number of halogens is 2. The first kappa shape index (κ1) is 17.7. The van der Waals surface area contributed by atoms with Gasteiger partial charge in [-0.2, -0.15) is 0 Å². The van der Waals surface area contributed by atoms with Crippen LogP contribution in [0.1, 0.15) is 24.3 Å². The van der Waals surface area contributed by atoms with E-state index in [4.69, 9.17) is 27.6 Å². The highest BCUT2D eigenvalue weighted by molar-refractivity contribution is 8.13. The SMILES string of the molecule is CC(=O)Sc1cc(C)c(C(Nc2cc(Cl)cc(Cl)c2)C(=O)O)o1. The van der Waals surface area contributed by atoms with E-state index in [9.17, 15) is 14.7 Å². The largest absolute Gasteiger partial charge is 0.479 e. The summed E-state index contributed by atoms with van der Waals surface area (Å²) < 4.78 is 5.51. The summed E-state index contributed by atoms with van der Waals surface area (Å²) >= 11 is 12.7. The molecular weight excluding hydrogens is 361 g/mol. The Hall–Kier alpha value is -1.63. The number of aryl methyl sites for hydroxylation is 1. The van der Waals surface area contributed by atoms with Crippen molar-refractivity contribution in [2.24, 2.45) is 0 Å². The number of benzene rings is 1. The molecule has 1 unspecified atom stereocenters. The molecule has 0 saturated heterocycles. The summed E-state index contributed by atoms with van der Waals surface area (Å²) in [5, 5.41) is 13.3. The smallest absolute Gasteiger partial charge is 0.334 e.